The SMILES string of the molecule is Cc1cc(/C=C/C(=O)O)cc(C)c1OC1CCCC1. The van der Waals surface area contributed by atoms with Crippen molar-refractivity contribution in [3.63, 3.8) is 0 Å². The first-order valence-electron chi connectivity index (χ1n) is 6.75. The minimum absolute atomic E-state index is 0.345. The van der Waals surface area contributed by atoms with Crippen molar-refractivity contribution in [2.24, 2.45) is 0 Å². The highest BCUT2D eigenvalue weighted by Gasteiger charge is 2.18. The second-order valence-corrected chi connectivity index (χ2v) is 5.18. The number of hydrogen-bond donors (Lipinski definition) is 1. The third-order valence-corrected chi connectivity index (χ3v) is 3.49. The fourth-order valence-electron chi connectivity index (χ4n) is 2.61. The van der Waals surface area contributed by atoms with Gasteiger partial charge in [0.2, 0.25) is 0 Å². The molecule has 0 bridgehead atoms. The van der Waals surface area contributed by atoms with E-state index < -0.39 is 5.97 Å². The third kappa shape index (κ3) is 3.60. The zero-order valence-electron chi connectivity index (χ0n) is 11.5. The number of aryl methyl sites for hydroxylation is 2. The van der Waals surface area contributed by atoms with E-state index in [0.717, 1.165) is 41.4 Å². The highest BCUT2D eigenvalue weighted by Crippen LogP contribution is 2.30. The Kier molecular flexibility index (Phi) is 4.25. The summed E-state index contributed by atoms with van der Waals surface area (Å²) >= 11 is 0. The zero-order chi connectivity index (χ0) is 13.8. The molecule has 0 saturated heterocycles. The summed E-state index contributed by atoms with van der Waals surface area (Å²) in [5.74, 6) is 0.0287. The molecule has 0 aromatic heterocycles. The van der Waals surface area contributed by atoms with Gasteiger partial charge in [0.15, 0.2) is 0 Å². The average molecular weight is 260 g/mol. The summed E-state index contributed by atoms with van der Waals surface area (Å²) in [6, 6.07) is 3.94. The van der Waals surface area contributed by atoms with Crippen molar-refractivity contribution in [3.8, 4) is 5.75 Å². The molecule has 1 aromatic carbocycles. The lowest BCUT2D eigenvalue weighted by Gasteiger charge is -2.18. The Labute approximate surface area is 113 Å². The summed E-state index contributed by atoms with van der Waals surface area (Å²) < 4.78 is 6.08. The minimum Gasteiger partial charge on any atom is -0.490 e. The lowest BCUT2D eigenvalue weighted by atomic mass is 10.0. The van der Waals surface area contributed by atoms with E-state index in [2.05, 4.69) is 0 Å². The van der Waals surface area contributed by atoms with Crippen LogP contribution in [0.4, 0.5) is 0 Å². The molecular formula is C16H20O3. The predicted molar refractivity (Wildman–Crippen MR) is 75.5 cm³/mol. The van der Waals surface area contributed by atoms with Crippen molar-refractivity contribution in [2.45, 2.75) is 45.6 Å². The van der Waals surface area contributed by atoms with Gasteiger partial charge in [-0.1, -0.05) is 0 Å². The van der Waals surface area contributed by atoms with Crippen molar-refractivity contribution in [3.05, 3.63) is 34.9 Å². The maximum absolute atomic E-state index is 10.5. The summed E-state index contributed by atoms with van der Waals surface area (Å²) in [7, 11) is 0. The maximum Gasteiger partial charge on any atom is 0.328 e. The largest absolute Gasteiger partial charge is 0.490 e. The van der Waals surface area contributed by atoms with Crippen LogP contribution >= 0.6 is 0 Å². The molecule has 0 unspecified atom stereocenters. The highest BCUT2D eigenvalue weighted by molar-refractivity contribution is 5.85. The number of benzene rings is 1. The van der Waals surface area contributed by atoms with E-state index in [1.54, 1.807) is 6.08 Å². The van der Waals surface area contributed by atoms with Crippen molar-refractivity contribution < 1.29 is 14.6 Å². The number of carbonyl (C=O) groups is 1. The Morgan fingerprint density at radius 2 is 1.84 bits per heavy atom. The maximum atomic E-state index is 10.5. The molecule has 0 atom stereocenters. The smallest absolute Gasteiger partial charge is 0.328 e. The van der Waals surface area contributed by atoms with Gasteiger partial charge in [-0.25, -0.2) is 4.79 Å². The van der Waals surface area contributed by atoms with Gasteiger partial charge in [-0.3, -0.25) is 0 Å². The molecule has 2 rings (SSSR count). The number of ether oxygens (including phenoxy) is 1. The first kappa shape index (κ1) is 13.7. The number of hydrogen-bond acceptors (Lipinski definition) is 2. The Morgan fingerprint density at radius 3 is 2.37 bits per heavy atom. The normalized spacial score (nSPS) is 16.1. The second-order valence-electron chi connectivity index (χ2n) is 5.18. The van der Waals surface area contributed by atoms with Gasteiger partial charge >= 0.3 is 5.97 Å². The molecule has 1 fully saturated rings. The lowest BCUT2D eigenvalue weighted by molar-refractivity contribution is -0.131. The minimum atomic E-state index is -0.929. The monoisotopic (exact) mass is 260 g/mol. The number of carboxylic acids is 1. The van der Waals surface area contributed by atoms with Gasteiger partial charge in [-0.05, 0) is 74.4 Å². The summed E-state index contributed by atoms with van der Waals surface area (Å²) in [5, 5.41) is 8.65. The number of carboxylic acid groups (broad SMARTS) is 1. The van der Waals surface area contributed by atoms with Gasteiger partial charge in [0.05, 0.1) is 6.10 Å². The van der Waals surface area contributed by atoms with Crippen LogP contribution < -0.4 is 4.74 Å². The van der Waals surface area contributed by atoms with Crippen LogP contribution in [0.15, 0.2) is 18.2 Å². The molecular weight excluding hydrogens is 240 g/mol. The molecule has 1 N–H and O–H groups in total. The van der Waals surface area contributed by atoms with Crippen LogP contribution in [0.25, 0.3) is 6.08 Å². The molecule has 102 valence electrons. The van der Waals surface area contributed by atoms with Crippen LogP contribution in [0.2, 0.25) is 0 Å². The van der Waals surface area contributed by atoms with Crippen molar-refractivity contribution in [2.75, 3.05) is 0 Å². The first-order chi connectivity index (χ1) is 9.06. The van der Waals surface area contributed by atoms with Crippen LogP contribution in [-0.2, 0) is 4.79 Å². The van der Waals surface area contributed by atoms with Crippen LogP contribution in [0.1, 0.15) is 42.4 Å². The van der Waals surface area contributed by atoms with E-state index in [-0.39, 0.29) is 0 Å². The number of aliphatic carboxylic acids is 1. The fourth-order valence-corrected chi connectivity index (χ4v) is 2.61. The standard InChI is InChI=1S/C16H20O3/c1-11-9-13(7-8-15(17)18)10-12(2)16(11)19-14-5-3-4-6-14/h7-10,14H,3-6H2,1-2H3,(H,17,18)/b8-7+. The average Bonchev–Trinajstić information content (AvgIpc) is 2.84. The summed E-state index contributed by atoms with van der Waals surface area (Å²) in [5.41, 5.74) is 3.03. The van der Waals surface area contributed by atoms with E-state index >= 15 is 0 Å². The Balaban J connectivity index is 2.18. The summed E-state index contributed by atoms with van der Waals surface area (Å²) in [6.45, 7) is 4.02. The van der Waals surface area contributed by atoms with E-state index in [1.807, 2.05) is 26.0 Å². The van der Waals surface area contributed by atoms with Gasteiger partial charge in [0.25, 0.3) is 0 Å². The Hall–Kier alpha value is -1.77. The van der Waals surface area contributed by atoms with Crippen LogP contribution in [-0.4, -0.2) is 17.2 Å². The molecule has 3 nitrogen and oxygen atoms in total. The summed E-state index contributed by atoms with van der Waals surface area (Å²) in [6.07, 6.45) is 7.90. The fraction of sp³-hybridized carbons (Fsp3) is 0.438. The van der Waals surface area contributed by atoms with Crippen molar-refractivity contribution >= 4 is 12.0 Å². The van der Waals surface area contributed by atoms with Crippen LogP contribution in [0, 0.1) is 13.8 Å². The molecule has 0 amide bonds. The lowest BCUT2D eigenvalue weighted by Crippen LogP contribution is -2.12. The third-order valence-electron chi connectivity index (χ3n) is 3.49. The molecule has 1 saturated carbocycles. The second kappa shape index (κ2) is 5.91. The van der Waals surface area contributed by atoms with Gasteiger partial charge < -0.3 is 9.84 Å². The quantitative estimate of drug-likeness (QED) is 0.839. The van der Waals surface area contributed by atoms with Gasteiger partial charge in [-0.2, -0.15) is 0 Å². The van der Waals surface area contributed by atoms with Crippen LogP contribution in [0.3, 0.4) is 0 Å². The zero-order valence-corrected chi connectivity index (χ0v) is 11.5. The van der Waals surface area contributed by atoms with E-state index in [0.29, 0.717) is 6.10 Å². The van der Waals surface area contributed by atoms with E-state index in [1.165, 1.54) is 12.8 Å². The molecule has 0 aliphatic heterocycles. The van der Waals surface area contributed by atoms with Gasteiger partial charge in [0.1, 0.15) is 5.75 Å². The molecule has 1 aliphatic carbocycles. The van der Waals surface area contributed by atoms with Crippen molar-refractivity contribution in [1.82, 2.24) is 0 Å². The van der Waals surface area contributed by atoms with Crippen molar-refractivity contribution in [1.29, 1.82) is 0 Å². The van der Waals surface area contributed by atoms with Crippen LogP contribution in [0.5, 0.6) is 5.75 Å². The highest BCUT2D eigenvalue weighted by atomic mass is 16.5. The predicted octanol–water partition coefficient (Wildman–Crippen LogP) is 3.72. The molecule has 3 heteroatoms. The molecule has 1 aliphatic rings. The van der Waals surface area contributed by atoms with Gasteiger partial charge in [0, 0.05) is 6.08 Å². The Bertz CT molecular complexity index is 474. The Morgan fingerprint density at radius 1 is 1.26 bits per heavy atom. The molecule has 0 heterocycles. The first-order valence-corrected chi connectivity index (χ1v) is 6.75. The van der Waals surface area contributed by atoms with E-state index in [9.17, 15) is 4.79 Å². The molecule has 1 aromatic rings. The number of rotatable bonds is 4. The topological polar surface area (TPSA) is 46.5 Å². The van der Waals surface area contributed by atoms with E-state index in [4.69, 9.17) is 9.84 Å². The molecule has 0 radical (unpaired) electrons. The van der Waals surface area contributed by atoms with Gasteiger partial charge in [-0.15, -0.1) is 0 Å². The summed E-state index contributed by atoms with van der Waals surface area (Å²) in [4.78, 5) is 10.5. The molecule has 19 heavy (non-hydrogen) atoms. The molecule has 0 spiro atoms.